The average Bonchev–Trinajstić information content (AvgIpc) is 2.69. The molecule has 1 aliphatic heterocycles. The van der Waals surface area contributed by atoms with Crippen LogP contribution < -0.4 is 5.32 Å². The van der Waals surface area contributed by atoms with Gasteiger partial charge < -0.3 is 15.3 Å². The standard InChI is InChI=1S/C21H24N2O3/c24-20(25)18-11-13-23(14-12-18)21(26)22-15-19(16-7-3-1-4-8-16)17-9-5-2-6-10-17/h1-10,18-19H,11-15H2,(H,22,26)(H,24,25). The number of carbonyl (C=O) groups is 2. The summed E-state index contributed by atoms with van der Waals surface area (Å²) in [5.74, 6) is -1.02. The van der Waals surface area contributed by atoms with Crippen LogP contribution in [0.3, 0.4) is 0 Å². The number of aliphatic carboxylic acids is 1. The fraction of sp³-hybridized carbons (Fsp3) is 0.333. The number of rotatable bonds is 5. The number of likely N-dealkylation sites (tertiary alicyclic amines) is 1. The molecule has 0 spiro atoms. The third kappa shape index (κ3) is 4.42. The molecule has 1 heterocycles. The van der Waals surface area contributed by atoms with Crippen molar-refractivity contribution in [3.8, 4) is 0 Å². The smallest absolute Gasteiger partial charge is 0.317 e. The van der Waals surface area contributed by atoms with E-state index in [0.717, 1.165) is 11.1 Å². The number of piperidine rings is 1. The Morgan fingerprint density at radius 3 is 1.92 bits per heavy atom. The number of hydrogen-bond donors (Lipinski definition) is 2. The van der Waals surface area contributed by atoms with Gasteiger partial charge in [-0.2, -0.15) is 0 Å². The van der Waals surface area contributed by atoms with Crippen LogP contribution in [-0.4, -0.2) is 41.6 Å². The molecule has 0 unspecified atom stereocenters. The molecule has 0 aliphatic carbocycles. The highest BCUT2D eigenvalue weighted by Crippen LogP contribution is 2.24. The zero-order chi connectivity index (χ0) is 18.4. The van der Waals surface area contributed by atoms with Crippen LogP contribution in [0.25, 0.3) is 0 Å². The molecule has 3 rings (SSSR count). The third-order valence-corrected chi connectivity index (χ3v) is 4.99. The van der Waals surface area contributed by atoms with Crippen LogP contribution >= 0.6 is 0 Å². The van der Waals surface area contributed by atoms with Crippen molar-refractivity contribution in [2.45, 2.75) is 18.8 Å². The molecule has 0 saturated carbocycles. The van der Waals surface area contributed by atoms with Crippen molar-refractivity contribution in [2.75, 3.05) is 19.6 Å². The lowest BCUT2D eigenvalue weighted by Crippen LogP contribution is -2.46. The van der Waals surface area contributed by atoms with Gasteiger partial charge in [-0.05, 0) is 24.0 Å². The van der Waals surface area contributed by atoms with Crippen LogP contribution in [0, 0.1) is 5.92 Å². The fourth-order valence-electron chi connectivity index (χ4n) is 3.43. The molecule has 0 atom stereocenters. The molecule has 2 amide bonds. The van der Waals surface area contributed by atoms with E-state index in [1.54, 1.807) is 4.90 Å². The van der Waals surface area contributed by atoms with E-state index in [1.807, 2.05) is 36.4 Å². The van der Waals surface area contributed by atoms with Crippen molar-refractivity contribution in [3.63, 3.8) is 0 Å². The Balaban J connectivity index is 1.63. The summed E-state index contributed by atoms with van der Waals surface area (Å²) < 4.78 is 0. The highest BCUT2D eigenvalue weighted by molar-refractivity contribution is 5.75. The highest BCUT2D eigenvalue weighted by Gasteiger charge is 2.27. The predicted molar refractivity (Wildman–Crippen MR) is 100 cm³/mol. The molecule has 1 aliphatic rings. The number of hydrogen-bond acceptors (Lipinski definition) is 2. The lowest BCUT2D eigenvalue weighted by molar-refractivity contribution is -0.143. The van der Waals surface area contributed by atoms with E-state index in [1.165, 1.54) is 0 Å². The first-order valence-corrected chi connectivity index (χ1v) is 9.00. The maximum absolute atomic E-state index is 12.5. The third-order valence-electron chi connectivity index (χ3n) is 4.99. The molecule has 5 heteroatoms. The summed E-state index contributed by atoms with van der Waals surface area (Å²) in [6.45, 7) is 1.49. The second-order valence-electron chi connectivity index (χ2n) is 6.66. The van der Waals surface area contributed by atoms with Gasteiger partial charge in [-0.15, -0.1) is 0 Å². The van der Waals surface area contributed by atoms with Gasteiger partial charge in [-0.25, -0.2) is 4.79 Å². The molecule has 0 aromatic heterocycles. The first-order chi connectivity index (χ1) is 12.6. The molecular formula is C21H24N2O3. The van der Waals surface area contributed by atoms with Gasteiger partial charge in [0.2, 0.25) is 0 Å². The van der Waals surface area contributed by atoms with Crippen molar-refractivity contribution in [1.82, 2.24) is 10.2 Å². The molecule has 2 aromatic rings. The Morgan fingerprint density at radius 2 is 1.46 bits per heavy atom. The summed E-state index contributed by atoms with van der Waals surface area (Å²) in [5, 5.41) is 12.1. The number of carbonyl (C=O) groups excluding carboxylic acids is 1. The second kappa shape index (κ2) is 8.52. The number of urea groups is 1. The summed E-state index contributed by atoms with van der Waals surface area (Å²) >= 11 is 0. The Morgan fingerprint density at radius 1 is 0.962 bits per heavy atom. The SMILES string of the molecule is O=C(O)C1CCN(C(=O)NCC(c2ccccc2)c2ccccc2)CC1. The number of nitrogens with one attached hydrogen (secondary N) is 1. The summed E-state index contributed by atoms with van der Waals surface area (Å²) in [5.41, 5.74) is 2.31. The van der Waals surface area contributed by atoms with Crippen LogP contribution in [0.15, 0.2) is 60.7 Å². The largest absolute Gasteiger partial charge is 0.481 e. The molecule has 136 valence electrons. The molecule has 0 radical (unpaired) electrons. The van der Waals surface area contributed by atoms with Crippen LogP contribution in [0.1, 0.15) is 29.9 Å². The minimum absolute atomic E-state index is 0.0814. The quantitative estimate of drug-likeness (QED) is 0.867. The zero-order valence-electron chi connectivity index (χ0n) is 14.7. The summed E-state index contributed by atoms with van der Waals surface area (Å²) in [6.07, 6.45) is 1.03. The molecule has 1 fully saturated rings. The summed E-state index contributed by atoms with van der Waals surface area (Å²) in [4.78, 5) is 25.3. The Kier molecular flexibility index (Phi) is 5.89. The molecule has 1 saturated heterocycles. The van der Waals surface area contributed by atoms with E-state index in [9.17, 15) is 9.59 Å². The predicted octanol–water partition coefficient (Wildman–Crippen LogP) is 3.32. The topological polar surface area (TPSA) is 69.6 Å². The van der Waals surface area contributed by atoms with Crippen LogP contribution in [0.2, 0.25) is 0 Å². The van der Waals surface area contributed by atoms with Gasteiger partial charge in [-0.3, -0.25) is 4.79 Å². The number of amides is 2. The first-order valence-electron chi connectivity index (χ1n) is 9.00. The molecule has 2 aromatic carbocycles. The molecule has 5 nitrogen and oxygen atoms in total. The van der Waals surface area contributed by atoms with Gasteiger partial charge in [-0.1, -0.05) is 60.7 Å². The van der Waals surface area contributed by atoms with E-state index >= 15 is 0 Å². The van der Waals surface area contributed by atoms with Gasteiger partial charge in [0.1, 0.15) is 0 Å². The lowest BCUT2D eigenvalue weighted by atomic mass is 9.91. The Bertz CT molecular complexity index is 686. The van der Waals surface area contributed by atoms with E-state index in [2.05, 4.69) is 29.6 Å². The minimum Gasteiger partial charge on any atom is -0.481 e. The van der Waals surface area contributed by atoms with E-state index in [0.29, 0.717) is 32.5 Å². The number of benzene rings is 2. The summed E-state index contributed by atoms with van der Waals surface area (Å²) in [7, 11) is 0. The minimum atomic E-state index is -0.765. The molecule has 26 heavy (non-hydrogen) atoms. The first kappa shape index (κ1) is 18.0. The van der Waals surface area contributed by atoms with Crippen molar-refractivity contribution in [1.29, 1.82) is 0 Å². The number of nitrogens with zero attached hydrogens (tertiary/aromatic N) is 1. The molecule has 2 N–H and O–H groups in total. The van der Waals surface area contributed by atoms with E-state index in [4.69, 9.17) is 5.11 Å². The van der Waals surface area contributed by atoms with E-state index in [-0.39, 0.29) is 17.9 Å². The monoisotopic (exact) mass is 352 g/mol. The van der Waals surface area contributed by atoms with Crippen molar-refractivity contribution in [2.24, 2.45) is 5.92 Å². The number of carboxylic acids is 1. The van der Waals surface area contributed by atoms with Gasteiger partial charge >= 0.3 is 12.0 Å². The van der Waals surface area contributed by atoms with Crippen molar-refractivity contribution >= 4 is 12.0 Å². The Labute approximate surface area is 153 Å². The fourth-order valence-corrected chi connectivity index (χ4v) is 3.43. The van der Waals surface area contributed by atoms with Gasteiger partial charge in [0.05, 0.1) is 5.92 Å². The van der Waals surface area contributed by atoms with Gasteiger partial charge in [0, 0.05) is 25.6 Å². The Hall–Kier alpha value is -2.82. The second-order valence-corrected chi connectivity index (χ2v) is 6.66. The maximum atomic E-state index is 12.5. The summed E-state index contributed by atoms with van der Waals surface area (Å²) in [6, 6.07) is 20.1. The molecule has 0 bridgehead atoms. The normalized spacial score (nSPS) is 15.0. The van der Waals surface area contributed by atoms with E-state index < -0.39 is 5.97 Å². The molecular weight excluding hydrogens is 328 g/mol. The van der Waals surface area contributed by atoms with Crippen LogP contribution in [0.5, 0.6) is 0 Å². The zero-order valence-corrected chi connectivity index (χ0v) is 14.7. The average molecular weight is 352 g/mol. The lowest BCUT2D eigenvalue weighted by Gasteiger charge is -2.31. The van der Waals surface area contributed by atoms with Crippen molar-refractivity contribution < 1.29 is 14.7 Å². The maximum Gasteiger partial charge on any atom is 0.317 e. The van der Waals surface area contributed by atoms with Gasteiger partial charge in [0.15, 0.2) is 0 Å². The highest BCUT2D eigenvalue weighted by atomic mass is 16.4. The van der Waals surface area contributed by atoms with Crippen LogP contribution in [0.4, 0.5) is 4.79 Å². The van der Waals surface area contributed by atoms with Gasteiger partial charge in [0.25, 0.3) is 0 Å². The van der Waals surface area contributed by atoms with Crippen LogP contribution in [-0.2, 0) is 4.79 Å². The van der Waals surface area contributed by atoms with Crippen molar-refractivity contribution in [3.05, 3.63) is 71.8 Å². The number of carboxylic acid groups (broad SMARTS) is 1.